The first-order valence-corrected chi connectivity index (χ1v) is 6.23. The fraction of sp³-hybridized carbons (Fsp3) is 0.833. The van der Waals surface area contributed by atoms with Crippen molar-refractivity contribution in [1.29, 1.82) is 0 Å². The summed E-state index contributed by atoms with van der Waals surface area (Å²) in [7, 11) is 1.67. The molecule has 1 heterocycles. The van der Waals surface area contributed by atoms with Crippen LogP contribution in [0, 0.1) is 11.8 Å². The largest absolute Gasteiger partial charge is 0.481 e. The van der Waals surface area contributed by atoms with E-state index in [0.717, 1.165) is 0 Å². The van der Waals surface area contributed by atoms with Crippen molar-refractivity contribution in [3.8, 4) is 0 Å². The minimum absolute atomic E-state index is 0.0170. The molecule has 1 saturated heterocycles. The van der Waals surface area contributed by atoms with Gasteiger partial charge < -0.3 is 20.0 Å². The van der Waals surface area contributed by atoms with Gasteiger partial charge in [-0.05, 0) is 19.3 Å². The predicted molar refractivity (Wildman–Crippen MR) is 66.2 cm³/mol. The van der Waals surface area contributed by atoms with Gasteiger partial charge in [-0.15, -0.1) is 0 Å². The minimum atomic E-state index is -0.843. The van der Waals surface area contributed by atoms with Gasteiger partial charge in [-0.25, -0.2) is 4.79 Å². The van der Waals surface area contributed by atoms with E-state index in [4.69, 9.17) is 5.11 Å². The van der Waals surface area contributed by atoms with Gasteiger partial charge in [-0.1, -0.05) is 6.92 Å². The van der Waals surface area contributed by atoms with E-state index in [9.17, 15) is 14.7 Å². The van der Waals surface area contributed by atoms with E-state index < -0.39 is 18.0 Å². The number of nitrogens with zero attached hydrogens (tertiary/aromatic N) is 2. The molecule has 1 fully saturated rings. The van der Waals surface area contributed by atoms with Crippen molar-refractivity contribution >= 4 is 12.0 Å². The van der Waals surface area contributed by atoms with Crippen LogP contribution in [0.4, 0.5) is 4.79 Å². The van der Waals surface area contributed by atoms with Crippen LogP contribution in [0.25, 0.3) is 0 Å². The van der Waals surface area contributed by atoms with Crippen molar-refractivity contribution in [1.82, 2.24) is 9.80 Å². The number of urea groups is 1. The number of carboxylic acids is 1. The number of carbonyl (C=O) groups is 2. The summed E-state index contributed by atoms with van der Waals surface area (Å²) in [6.07, 6.45) is 0.0816. The molecule has 6 nitrogen and oxygen atoms in total. The first kappa shape index (κ1) is 14.8. The maximum Gasteiger partial charge on any atom is 0.319 e. The molecular weight excluding hydrogens is 236 g/mol. The lowest BCUT2D eigenvalue weighted by Crippen LogP contribution is -2.41. The highest BCUT2D eigenvalue weighted by atomic mass is 16.4. The number of carbonyl (C=O) groups excluding carboxylic acids is 1. The van der Waals surface area contributed by atoms with Gasteiger partial charge in [0.25, 0.3) is 0 Å². The van der Waals surface area contributed by atoms with Crippen molar-refractivity contribution in [2.24, 2.45) is 11.8 Å². The van der Waals surface area contributed by atoms with E-state index in [1.54, 1.807) is 18.9 Å². The third-order valence-corrected chi connectivity index (χ3v) is 3.41. The number of hydrogen-bond acceptors (Lipinski definition) is 3. The lowest BCUT2D eigenvalue weighted by molar-refractivity contribution is -0.142. The summed E-state index contributed by atoms with van der Waals surface area (Å²) in [6.45, 7) is 4.75. The van der Waals surface area contributed by atoms with Crippen LogP contribution < -0.4 is 0 Å². The molecular formula is C12H22N2O4. The SMILES string of the molecule is CC(O)CCN(C)C(=O)N1C[C@@H](C)[C@H](C(=O)O)C1. The Morgan fingerprint density at radius 1 is 1.44 bits per heavy atom. The van der Waals surface area contributed by atoms with Crippen LogP contribution in [0.1, 0.15) is 20.3 Å². The van der Waals surface area contributed by atoms with E-state index in [1.807, 2.05) is 6.92 Å². The van der Waals surface area contributed by atoms with Crippen molar-refractivity contribution in [2.45, 2.75) is 26.4 Å². The molecule has 0 radical (unpaired) electrons. The molecule has 0 aromatic rings. The van der Waals surface area contributed by atoms with Gasteiger partial charge in [0.2, 0.25) is 0 Å². The molecule has 2 amide bonds. The maximum atomic E-state index is 12.0. The molecule has 2 N–H and O–H groups in total. The monoisotopic (exact) mass is 258 g/mol. The Balaban J connectivity index is 2.50. The molecule has 1 unspecified atom stereocenters. The molecule has 104 valence electrons. The Labute approximate surface area is 107 Å². The van der Waals surface area contributed by atoms with Crippen molar-refractivity contribution < 1.29 is 19.8 Å². The molecule has 1 aliphatic heterocycles. The molecule has 0 aromatic carbocycles. The highest BCUT2D eigenvalue weighted by Crippen LogP contribution is 2.23. The van der Waals surface area contributed by atoms with Crippen molar-refractivity contribution in [2.75, 3.05) is 26.7 Å². The fourth-order valence-electron chi connectivity index (χ4n) is 2.16. The summed E-state index contributed by atoms with van der Waals surface area (Å²) in [5, 5.41) is 18.2. The lowest BCUT2D eigenvalue weighted by atomic mass is 9.99. The van der Waals surface area contributed by atoms with Gasteiger partial charge in [0.1, 0.15) is 0 Å². The zero-order chi connectivity index (χ0) is 13.9. The topological polar surface area (TPSA) is 81.1 Å². The Morgan fingerprint density at radius 2 is 2.06 bits per heavy atom. The standard InChI is InChI=1S/C12H22N2O4/c1-8-6-14(7-10(8)11(16)17)12(18)13(3)5-4-9(2)15/h8-10,15H,4-7H2,1-3H3,(H,16,17)/t8-,9?,10-/m1/s1. The number of carboxylic acid groups (broad SMARTS) is 1. The number of amides is 2. The van der Waals surface area contributed by atoms with Crippen LogP contribution >= 0.6 is 0 Å². The Hall–Kier alpha value is -1.30. The van der Waals surface area contributed by atoms with Crippen LogP contribution in [0.15, 0.2) is 0 Å². The molecule has 0 bridgehead atoms. The smallest absolute Gasteiger partial charge is 0.319 e. The number of aliphatic hydroxyl groups excluding tert-OH is 1. The highest BCUT2D eigenvalue weighted by molar-refractivity contribution is 5.77. The van der Waals surface area contributed by atoms with Gasteiger partial charge in [0.15, 0.2) is 0 Å². The van der Waals surface area contributed by atoms with Crippen LogP contribution in [0.2, 0.25) is 0 Å². The molecule has 6 heteroatoms. The van der Waals surface area contributed by atoms with Gasteiger partial charge >= 0.3 is 12.0 Å². The lowest BCUT2D eigenvalue weighted by Gasteiger charge is -2.25. The third kappa shape index (κ3) is 3.60. The fourth-order valence-corrected chi connectivity index (χ4v) is 2.16. The Bertz CT molecular complexity index is 319. The molecule has 0 spiro atoms. The average Bonchev–Trinajstić information content (AvgIpc) is 2.67. The van der Waals surface area contributed by atoms with E-state index in [0.29, 0.717) is 19.5 Å². The molecule has 3 atom stereocenters. The van der Waals surface area contributed by atoms with Gasteiger partial charge in [0, 0.05) is 26.7 Å². The first-order chi connectivity index (χ1) is 8.32. The number of rotatable bonds is 4. The van der Waals surface area contributed by atoms with Gasteiger partial charge in [-0.2, -0.15) is 0 Å². The second-order valence-corrected chi connectivity index (χ2v) is 5.17. The summed E-state index contributed by atoms with van der Waals surface area (Å²) in [4.78, 5) is 26.1. The molecule has 1 aliphatic rings. The quantitative estimate of drug-likeness (QED) is 0.767. The zero-order valence-electron chi connectivity index (χ0n) is 11.2. The summed E-state index contributed by atoms with van der Waals surface area (Å²) in [5.74, 6) is -1.33. The summed E-state index contributed by atoms with van der Waals surface area (Å²) < 4.78 is 0. The van der Waals surface area contributed by atoms with Crippen LogP contribution in [-0.4, -0.2) is 64.8 Å². The molecule has 0 aliphatic carbocycles. The maximum absolute atomic E-state index is 12.0. The third-order valence-electron chi connectivity index (χ3n) is 3.41. The van der Waals surface area contributed by atoms with E-state index >= 15 is 0 Å². The first-order valence-electron chi connectivity index (χ1n) is 6.23. The number of likely N-dealkylation sites (tertiary alicyclic amines) is 1. The zero-order valence-corrected chi connectivity index (χ0v) is 11.2. The van der Waals surface area contributed by atoms with Crippen molar-refractivity contribution in [3.63, 3.8) is 0 Å². The summed E-state index contributed by atoms with van der Waals surface area (Å²) in [5.41, 5.74) is 0. The predicted octanol–water partition coefficient (Wildman–Crippen LogP) is 0.462. The van der Waals surface area contributed by atoms with E-state index in [1.165, 1.54) is 4.90 Å². The van der Waals surface area contributed by atoms with Crippen LogP contribution in [0.5, 0.6) is 0 Å². The summed E-state index contributed by atoms with van der Waals surface area (Å²) >= 11 is 0. The Morgan fingerprint density at radius 3 is 2.50 bits per heavy atom. The normalized spacial score (nSPS) is 25.0. The Kier molecular flexibility index (Phi) is 4.95. The molecule has 1 rings (SSSR count). The van der Waals surface area contributed by atoms with E-state index in [-0.39, 0.29) is 18.5 Å². The van der Waals surface area contributed by atoms with Gasteiger partial charge in [-0.3, -0.25) is 4.79 Å². The second kappa shape index (κ2) is 6.04. The van der Waals surface area contributed by atoms with E-state index in [2.05, 4.69) is 0 Å². The second-order valence-electron chi connectivity index (χ2n) is 5.17. The highest BCUT2D eigenvalue weighted by Gasteiger charge is 2.37. The van der Waals surface area contributed by atoms with Crippen LogP contribution in [0.3, 0.4) is 0 Å². The summed E-state index contributed by atoms with van der Waals surface area (Å²) in [6, 6.07) is -0.161. The average molecular weight is 258 g/mol. The molecule has 0 saturated carbocycles. The minimum Gasteiger partial charge on any atom is -0.481 e. The molecule has 18 heavy (non-hydrogen) atoms. The number of aliphatic carboxylic acids is 1. The van der Waals surface area contributed by atoms with Crippen molar-refractivity contribution in [3.05, 3.63) is 0 Å². The van der Waals surface area contributed by atoms with Crippen LogP contribution in [-0.2, 0) is 4.79 Å². The number of aliphatic hydroxyl groups is 1. The molecule has 0 aromatic heterocycles. The van der Waals surface area contributed by atoms with Gasteiger partial charge in [0.05, 0.1) is 12.0 Å². The number of hydrogen-bond donors (Lipinski definition) is 2.